The van der Waals surface area contributed by atoms with E-state index in [4.69, 9.17) is 10.00 Å². The van der Waals surface area contributed by atoms with E-state index in [1.165, 1.54) is 0 Å². The molecule has 1 aliphatic heterocycles. The Morgan fingerprint density at radius 1 is 1.61 bits per heavy atom. The molecule has 6 heteroatoms. The van der Waals surface area contributed by atoms with Crippen molar-refractivity contribution >= 4 is 5.69 Å². The van der Waals surface area contributed by atoms with Gasteiger partial charge < -0.3 is 4.74 Å². The first-order chi connectivity index (χ1) is 8.35. The van der Waals surface area contributed by atoms with Crippen LogP contribution in [-0.2, 0) is 6.42 Å². The third-order valence-corrected chi connectivity index (χ3v) is 2.96. The lowest BCUT2D eigenvalue weighted by atomic mass is 9.92. The first kappa shape index (κ1) is 12.3. The zero-order valence-electron chi connectivity index (χ0n) is 9.99. The van der Waals surface area contributed by atoms with Gasteiger partial charge in [-0.3, -0.25) is 10.1 Å². The van der Waals surface area contributed by atoms with Crippen LogP contribution in [0.25, 0.3) is 0 Å². The van der Waals surface area contributed by atoms with Crippen molar-refractivity contribution in [1.82, 2.24) is 0 Å². The van der Waals surface area contributed by atoms with Crippen molar-refractivity contribution in [2.45, 2.75) is 32.3 Å². The molecule has 0 N–H and O–H groups in total. The van der Waals surface area contributed by atoms with Crippen molar-refractivity contribution in [3.8, 4) is 11.8 Å². The predicted octanol–water partition coefficient (Wildman–Crippen LogP) is 2.71. The highest BCUT2D eigenvalue weighted by molar-refractivity contribution is 5.57. The van der Waals surface area contributed by atoms with Crippen LogP contribution < -0.4 is 4.74 Å². The second-order valence-electron chi connectivity index (χ2n) is 4.80. The zero-order chi connectivity index (χ0) is 13.5. The molecule has 0 aromatic heterocycles. The summed E-state index contributed by atoms with van der Waals surface area (Å²) < 4.78 is 19.4. The highest BCUT2D eigenvalue weighted by atomic mass is 19.1. The van der Waals surface area contributed by atoms with Crippen molar-refractivity contribution in [2.24, 2.45) is 0 Å². The molecule has 1 aromatic rings. The number of nitro benzene ring substituents is 1. The maximum Gasteiger partial charge on any atom is 0.306 e. The molecule has 0 aliphatic carbocycles. The van der Waals surface area contributed by atoms with Gasteiger partial charge in [0.25, 0.3) is 0 Å². The number of halogens is 1. The molecule has 0 fully saturated rings. The van der Waals surface area contributed by atoms with Gasteiger partial charge in [-0.2, -0.15) is 9.65 Å². The van der Waals surface area contributed by atoms with E-state index in [0.29, 0.717) is 18.4 Å². The summed E-state index contributed by atoms with van der Waals surface area (Å²) in [6, 6.07) is 2.81. The Morgan fingerprint density at radius 3 is 2.83 bits per heavy atom. The van der Waals surface area contributed by atoms with Gasteiger partial charge in [-0.15, -0.1) is 0 Å². The number of ether oxygens (including phenoxy) is 1. The number of benzene rings is 1. The van der Waals surface area contributed by atoms with Crippen molar-refractivity contribution in [1.29, 1.82) is 5.26 Å². The molecule has 18 heavy (non-hydrogen) atoms. The van der Waals surface area contributed by atoms with E-state index >= 15 is 0 Å². The monoisotopic (exact) mass is 250 g/mol. The number of hydrogen-bond donors (Lipinski definition) is 0. The summed E-state index contributed by atoms with van der Waals surface area (Å²) >= 11 is 0. The van der Waals surface area contributed by atoms with E-state index in [2.05, 4.69) is 0 Å². The maximum atomic E-state index is 13.8. The molecule has 0 saturated heterocycles. The molecule has 0 radical (unpaired) electrons. The lowest BCUT2D eigenvalue weighted by molar-refractivity contribution is -0.387. The van der Waals surface area contributed by atoms with Gasteiger partial charge in [0.15, 0.2) is 0 Å². The smallest absolute Gasteiger partial charge is 0.306 e. The van der Waals surface area contributed by atoms with Gasteiger partial charge in [0.1, 0.15) is 23.0 Å². The Bertz CT molecular complexity index is 576. The fourth-order valence-electron chi connectivity index (χ4n) is 1.98. The third-order valence-electron chi connectivity index (χ3n) is 2.96. The highest BCUT2D eigenvalue weighted by Crippen LogP contribution is 2.39. The quantitative estimate of drug-likeness (QED) is 0.567. The summed E-state index contributed by atoms with van der Waals surface area (Å²) in [4.78, 5) is 9.90. The molecule has 1 heterocycles. The van der Waals surface area contributed by atoms with Gasteiger partial charge in [-0.05, 0) is 26.7 Å². The van der Waals surface area contributed by atoms with Crippen LogP contribution in [-0.4, -0.2) is 10.5 Å². The first-order valence-corrected chi connectivity index (χ1v) is 5.44. The minimum atomic E-state index is -1.13. The van der Waals surface area contributed by atoms with Crippen LogP contribution in [0.5, 0.6) is 5.75 Å². The minimum Gasteiger partial charge on any atom is -0.486 e. The van der Waals surface area contributed by atoms with Crippen LogP contribution in [0.2, 0.25) is 0 Å². The van der Waals surface area contributed by atoms with E-state index in [0.717, 1.165) is 6.07 Å². The maximum absolute atomic E-state index is 13.8. The average molecular weight is 250 g/mol. The highest BCUT2D eigenvalue weighted by Gasteiger charge is 2.33. The summed E-state index contributed by atoms with van der Waals surface area (Å²) in [5.41, 5.74) is -1.04. The number of fused-ring (bicyclic) bond motifs is 1. The molecule has 0 unspecified atom stereocenters. The van der Waals surface area contributed by atoms with E-state index < -0.39 is 22.0 Å². The summed E-state index contributed by atoms with van der Waals surface area (Å²) in [7, 11) is 0. The van der Waals surface area contributed by atoms with Crippen LogP contribution in [0.4, 0.5) is 10.1 Å². The van der Waals surface area contributed by atoms with Crippen molar-refractivity contribution < 1.29 is 14.1 Å². The topological polar surface area (TPSA) is 76.2 Å². The number of hydrogen-bond acceptors (Lipinski definition) is 4. The predicted molar refractivity (Wildman–Crippen MR) is 60.8 cm³/mol. The Labute approximate surface area is 103 Å². The van der Waals surface area contributed by atoms with Crippen LogP contribution >= 0.6 is 0 Å². The molecule has 2 rings (SSSR count). The molecular weight excluding hydrogens is 239 g/mol. The van der Waals surface area contributed by atoms with Crippen molar-refractivity contribution in [3.05, 3.63) is 33.1 Å². The number of rotatable bonds is 1. The Hall–Kier alpha value is -2.16. The number of aryl methyl sites for hydroxylation is 1. The van der Waals surface area contributed by atoms with Gasteiger partial charge in [0.2, 0.25) is 5.82 Å². The lowest BCUT2D eigenvalue weighted by Gasteiger charge is -2.32. The molecule has 1 aliphatic rings. The number of nitriles is 1. The van der Waals surface area contributed by atoms with E-state index in [1.807, 2.05) is 13.8 Å². The normalized spacial score (nSPS) is 16.3. The second kappa shape index (κ2) is 3.95. The standard InChI is InChI=1S/C12H11FN2O3/c1-12(2)4-3-7-5-9(15(16)17)10(13)8(6-14)11(7)18-12/h5H,3-4H2,1-2H3. The van der Waals surface area contributed by atoms with Gasteiger partial charge in [-0.1, -0.05) is 0 Å². The van der Waals surface area contributed by atoms with Gasteiger partial charge in [0, 0.05) is 11.6 Å². The van der Waals surface area contributed by atoms with Crippen LogP contribution in [0.1, 0.15) is 31.4 Å². The molecule has 5 nitrogen and oxygen atoms in total. The molecular formula is C12H11FN2O3. The molecule has 0 amide bonds. The van der Waals surface area contributed by atoms with Gasteiger partial charge in [0.05, 0.1) is 4.92 Å². The fraction of sp³-hybridized carbons (Fsp3) is 0.417. The first-order valence-electron chi connectivity index (χ1n) is 5.44. The second-order valence-corrected chi connectivity index (χ2v) is 4.80. The molecule has 0 saturated carbocycles. The Kier molecular flexibility index (Phi) is 2.70. The van der Waals surface area contributed by atoms with Crippen LogP contribution in [0.3, 0.4) is 0 Å². The summed E-state index contributed by atoms with van der Waals surface area (Å²) in [5, 5.41) is 19.7. The van der Waals surface area contributed by atoms with Crippen molar-refractivity contribution in [3.63, 3.8) is 0 Å². The van der Waals surface area contributed by atoms with Crippen molar-refractivity contribution in [2.75, 3.05) is 0 Å². The lowest BCUT2D eigenvalue weighted by Crippen LogP contribution is -2.33. The summed E-state index contributed by atoms with van der Waals surface area (Å²) in [6.45, 7) is 3.66. The average Bonchev–Trinajstić information content (AvgIpc) is 2.27. The van der Waals surface area contributed by atoms with Crippen LogP contribution in [0, 0.1) is 27.3 Å². The Balaban J connectivity index is 2.67. The van der Waals surface area contributed by atoms with E-state index in [-0.39, 0.29) is 11.3 Å². The van der Waals surface area contributed by atoms with Crippen LogP contribution in [0.15, 0.2) is 6.07 Å². The van der Waals surface area contributed by atoms with Gasteiger partial charge >= 0.3 is 5.69 Å². The third kappa shape index (κ3) is 1.88. The summed E-state index contributed by atoms with van der Waals surface area (Å²) in [6.07, 6.45) is 1.19. The SMILES string of the molecule is CC1(C)CCc2cc([N+](=O)[O-])c(F)c(C#N)c2O1. The molecule has 0 spiro atoms. The largest absolute Gasteiger partial charge is 0.486 e. The minimum absolute atomic E-state index is 0.136. The molecule has 0 bridgehead atoms. The van der Waals surface area contributed by atoms with E-state index in [1.54, 1.807) is 6.07 Å². The Morgan fingerprint density at radius 2 is 2.28 bits per heavy atom. The molecule has 94 valence electrons. The number of nitrogens with zero attached hydrogens (tertiary/aromatic N) is 2. The number of nitro groups is 1. The molecule has 1 aromatic carbocycles. The fourth-order valence-corrected chi connectivity index (χ4v) is 1.98. The zero-order valence-corrected chi connectivity index (χ0v) is 9.99. The van der Waals surface area contributed by atoms with Gasteiger partial charge in [-0.25, -0.2) is 0 Å². The van der Waals surface area contributed by atoms with E-state index in [9.17, 15) is 14.5 Å². The molecule has 0 atom stereocenters. The summed E-state index contributed by atoms with van der Waals surface area (Å²) in [5.74, 6) is -0.990.